The lowest BCUT2D eigenvalue weighted by Gasteiger charge is -2.22. The van der Waals surface area contributed by atoms with Gasteiger partial charge in [-0.25, -0.2) is 0 Å². The topological polar surface area (TPSA) is 38.3 Å². The third-order valence-corrected chi connectivity index (χ3v) is 5.23. The summed E-state index contributed by atoms with van der Waals surface area (Å²) in [7, 11) is 1.67. The van der Waals surface area contributed by atoms with E-state index in [1.54, 1.807) is 7.11 Å². The van der Waals surface area contributed by atoms with Crippen molar-refractivity contribution in [3.63, 3.8) is 0 Å². The molecule has 3 aromatic carbocycles. The van der Waals surface area contributed by atoms with Gasteiger partial charge in [-0.05, 0) is 54.2 Å². The van der Waals surface area contributed by atoms with E-state index in [4.69, 9.17) is 4.74 Å². The Morgan fingerprint density at radius 1 is 0.897 bits per heavy atom. The lowest BCUT2D eigenvalue weighted by Crippen LogP contribution is -2.30. The van der Waals surface area contributed by atoms with Crippen LogP contribution in [0.25, 0.3) is 0 Å². The average molecular weight is 388 g/mol. The number of methoxy groups -OCH3 is 1. The van der Waals surface area contributed by atoms with Gasteiger partial charge in [-0.1, -0.05) is 74.0 Å². The Hall–Kier alpha value is -3.07. The van der Waals surface area contributed by atoms with E-state index in [-0.39, 0.29) is 17.9 Å². The molecule has 1 atom stereocenters. The molecular formula is C26H29NO2. The predicted molar refractivity (Wildman–Crippen MR) is 119 cm³/mol. The number of carbonyl (C=O) groups excluding carboxylic acids is 1. The minimum absolute atomic E-state index is 0.0811. The van der Waals surface area contributed by atoms with Crippen molar-refractivity contribution < 1.29 is 9.53 Å². The Morgan fingerprint density at radius 3 is 2.21 bits per heavy atom. The molecule has 3 heteroatoms. The minimum Gasteiger partial charge on any atom is -0.496 e. The van der Waals surface area contributed by atoms with E-state index < -0.39 is 0 Å². The molecule has 0 radical (unpaired) electrons. The van der Waals surface area contributed by atoms with Crippen LogP contribution in [0.3, 0.4) is 0 Å². The first-order chi connectivity index (χ1) is 13.9. The molecule has 0 spiro atoms. The third kappa shape index (κ3) is 4.68. The van der Waals surface area contributed by atoms with Gasteiger partial charge in [0, 0.05) is 5.56 Å². The Bertz CT molecular complexity index is 993. The van der Waals surface area contributed by atoms with Crippen molar-refractivity contribution in [3.05, 3.63) is 100 Å². The summed E-state index contributed by atoms with van der Waals surface area (Å²) < 4.78 is 5.52. The van der Waals surface area contributed by atoms with Crippen molar-refractivity contribution >= 4 is 5.91 Å². The van der Waals surface area contributed by atoms with Crippen LogP contribution in [0, 0.1) is 13.8 Å². The zero-order valence-corrected chi connectivity index (χ0v) is 17.8. The Kier molecular flexibility index (Phi) is 6.38. The molecule has 1 N–H and O–H groups in total. The molecule has 0 saturated carbocycles. The van der Waals surface area contributed by atoms with Gasteiger partial charge in [0.1, 0.15) is 5.75 Å². The Labute approximate surface area is 173 Å². The monoisotopic (exact) mass is 387 g/mol. The van der Waals surface area contributed by atoms with Gasteiger partial charge in [0.15, 0.2) is 0 Å². The number of hydrogen-bond donors (Lipinski definition) is 1. The van der Waals surface area contributed by atoms with Gasteiger partial charge in [-0.2, -0.15) is 0 Å². The number of hydrogen-bond acceptors (Lipinski definition) is 2. The molecule has 3 nitrogen and oxygen atoms in total. The van der Waals surface area contributed by atoms with Crippen LogP contribution < -0.4 is 10.1 Å². The highest BCUT2D eigenvalue weighted by Gasteiger charge is 2.21. The second-order valence-corrected chi connectivity index (χ2v) is 7.80. The normalized spacial score (nSPS) is 11.9. The molecule has 0 bridgehead atoms. The van der Waals surface area contributed by atoms with Gasteiger partial charge in [-0.3, -0.25) is 4.79 Å². The molecule has 3 rings (SSSR count). The average Bonchev–Trinajstić information content (AvgIpc) is 2.71. The van der Waals surface area contributed by atoms with Gasteiger partial charge in [0.25, 0.3) is 5.91 Å². The van der Waals surface area contributed by atoms with Crippen molar-refractivity contribution in [2.45, 2.75) is 39.7 Å². The van der Waals surface area contributed by atoms with Gasteiger partial charge >= 0.3 is 0 Å². The largest absolute Gasteiger partial charge is 0.496 e. The first-order valence-electron chi connectivity index (χ1n) is 10.0. The van der Waals surface area contributed by atoms with Crippen LogP contribution in [0.5, 0.6) is 5.75 Å². The summed E-state index contributed by atoms with van der Waals surface area (Å²) in [6.45, 7) is 8.23. The molecule has 150 valence electrons. The summed E-state index contributed by atoms with van der Waals surface area (Å²) >= 11 is 0. The van der Waals surface area contributed by atoms with Crippen molar-refractivity contribution in [1.82, 2.24) is 5.32 Å². The van der Waals surface area contributed by atoms with Crippen LogP contribution in [0.15, 0.2) is 66.7 Å². The fourth-order valence-corrected chi connectivity index (χ4v) is 3.63. The maximum absolute atomic E-state index is 13.3. The second kappa shape index (κ2) is 8.95. The fraction of sp³-hybridized carbons (Fsp3) is 0.269. The van der Waals surface area contributed by atoms with Gasteiger partial charge in [-0.15, -0.1) is 0 Å². The summed E-state index contributed by atoms with van der Waals surface area (Å²) in [5, 5.41) is 3.26. The van der Waals surface area contributed by atoms with Gasteiger partial charge in [0.05, 0.1) is 13.2 Å². The SMILES string of the molecule is COc1cc(C)c(C(=O)NC(c2ccccc2)c2cccc(C)c2)cc1C(C)C. The maximum Gasteiger partial charge on any atom is 0.252 e. The van der Waals surface area contributed by atoms with Crippen LogP contribution >= 0.6 is 0 Å². The first kappa shape index (κ1) is 20.7. The standard InChI is InChI=1S/C26H29NO2/c1-17(2)22-16-23(19(4)15-24(22)29-5)26(28)27-25(20-11-7-6-8-12-20)21-13-9-10-18(3)14-21/h6-17,25H,1-5H3,(H,27,28). The Balaban J connectivity index is 2.00. The molecule has 0 aliphatic rings. The van der Waals surface area contributed by atoms with E-state index in [9.17, 15) is 4.79 Å². The highest BCUT2D eigenvalue weighted by molar-refractivity contribution is 5.96. The van der Waals surface area contributed by atoms with Crippen LogP contribution in [-0.2, 0) is 0 Å². The molecule has 1 unspecified atom stereocenters. The van der Waals surface area contributed by atoms with Crippen LogP contribution in [0.2, 0.25) is 0 Å². The molecule has 3 aromatic rings. The number of aryl methyl sites for hydroxylation is 2. The van der Waals surface area contributed by atoms with E-state index in [1.807, 2.05) is 55.5 Å². The number of nitrogens with one attached hydrogen (secondary N) is 1. The molecule has 0 aliphatic heterocycles. The molecule has 29 heavy (non-hydrogen) atoms. The molecule has 0 fully saturated rings. The summed E-state index contributed by atoms with van der Waals surface area (Å²) in [4.78, 5) is 13.3. The molecule has 0 aliphatic carbocycles. The van der Waals surface area contributed by atoms with E-state index in [2.05, 4.69) is 44.3 Å². The fourth-order valence-electron chi connectivity index (χ4n) is 3.63. The highest BCUT2D eigenvalue weighted by Crippen LogP contribution is 2.30. The number of carbonyl (C=O) groups is 1. The van der Waals surface area contributed by atoms with Crippen LogP contribution in [0.1, 0.15) is 64.0 Å². The van der Waals surface area contributed by atoms with Crippen molar-refractivity contribution in [3.8, 4) is 5.75 Å². The smallest absolute Gasteiger partial charge is 0.252 e. The highest BCUT2D eigenvalue weighted by atomic mass is 16.5. The number of ether oxygens (including phenoxy) is 1. The van der Waals surface area contributed by atoms with Crippen molar-refractivity contribution in [2.24, 2.45) is 0 Å². The summed E-state index contributed by atoms with van der Waals surface area (Å²) in [5.41, 5.74) is 5.92. The molecule has 1 amide bonds. The van der Waals surface area contributed by atoms with E-state index >= 15 is 0 Å². The lowest BCUT2D eigenvalue weighted by molar-refractivity contribution is 0.0942. The predicted octanol–water partition coefficient (Wildman–Crippen LogP) is 5.95. The van der Waals surface area contributed by atoms with Gasteiger partial charge < -0.3 is 10.1 Å². The zero-order chi connectivity index (χ0) is 21.0. The maximum atomic E-state index is 13.3. The summed E-state index contributed by atoms with van der Waals surface area (Å²) in [6.07, 6.45) is 0. The minimum atomic E-state index is -0.215. The van der Waals surface area contributed by atoms with E-state index in [0.29, 0.717) is 5.56 Å². The Morgan fingerprint density at radius 2 is 1.59 bits per heavy atom. The number of amides is 1. The summed E-state index contributed by atoms with van der Waals surface area (Å²) in [6, 6.07) is 22.1. The van der Waals surface area contributed by atoms with Crippen molar-refractivity contribution in [2.75, 3.05) is 7.11 Å². The molecule has 0 aromatic heterocycles. The number of rotatable bonds is 6. The van der Waals surface area contributed by atoms with Gasteiger partial charge in [0.2, 0.25) is 0 Å². The molecular weight excluding hydrogens is 358 g/mol. The third-order valence-electron chi connectivity index (χ3n) is 5.23. The zero-order valence-electron chi connectivity index (χ0n) is 17.8. The first-order valence-corrected chi connectivity index (χ1v) is 10.0. The van der Waals surface area contributed by atoms with E-state index in [0.717, 1.165) is 28.0 Å². The summed E-state index contributed by atoms with van der Waals surface area (Å²) in [5.74, 6) is 1.01. The molecule has 0 heterocycles. The second-order valence-electron chi connectivity index (χ2n) is 7.80. The van der Waals surface area contributed by atoms with Crippen LogP contribution in [0.4, 0.5) is 0 Å². The van der Waals surface area contributed by atoms with Crippen LogP contribution in [-0.4, -0.2) is 13.0 Å². The lowest BCUT2D eigenvalue weighted by atomic mass is 9.94. The van der Waals surface area contributed by atoms with E-state index in [1.165, 1.54) is 5.56 Å². The van der Waals surface area contributed by atoms with Crippen molar-refractivity contribution in [1.29, 1.82) is 0 Å². The number of benzene rings is 3. The quantitative estimate of drug-likeness (QED) is 0.567. The molecule has 0 saturated heterocycles.